The van der Waals surface area contributed by atoms with Crippen molar-refractivity contribution in [2.24, 2.45) is 0 Å². The van der Waals surface area contributed by atoms with Crippen LogP contribution in [0.4, 0.5) is 10.6 Å². The largest absolute Gasteiger partial charge is 0.443 e. The van der Waals surface area contributed by atoms with Gasteiger partial charge in [0.25, 0.3) is 0 Å². The molecule has 0 aromatic carbocycles. The fourth-order valence-corrected chi connectivity index (χ4v) is 4.45. The Bertz CT molecular complexity index is 887. The maximum absolute atomic E-state index is 12.6. The van der Waals surface area contributed by atoms with Gasteiger partial charge in [-0.15, -0.1) is 11.3 Å². The zero-order valence-electron chi connectivity index (χ0n) is 17.8. The Labute approximate surface area is 181 Å². The Morgan fingerprint density at radius 1 is 1.20 bits per heavy atom. The summed E-state index contributed by atoms with van der Waals surface area (Å²) in [6.45, 7) is 7.55. The number of thiazole rings is 1. The smallest absolute Gasteiger partial charge is 0.416 e. The summed E-state index contributed by atoms with van der Waals surface area (Å²) in [5, 5.41) is 2.97. The number of aromatic nitrogens is 2. The minimum atomic E-state index is -0.521. The number of amides is 1. The van der Waals surface area contributed by atoms with Crippen LogP contribution in [0.25, 0.3) is 0 Å². The van der Waals surface area contributed by atoms with Crippen molar-refractivity contribution in [1.29, 1.82) is 0 Å². The van der Waals surface area contributed by atoms with Crippen LogP contribution in [0.2, 0.25) is 0 Å². The monoisotopic (exact) mass is 431 g/mol. The second-order valence-corrected chi connectivity index (χ2v) is 9.51. The highest BCUT2D eigenvalue weighted by molar-refractivity contribution is 7.09. The van der Waals surface area contributed by atoms with Crippen LogP contribution in [0.15, 0.2) is 17.5 Å². The molecule has 7 nitrogen and oxygen atoms in total. The maximum atomic E-state index is 12.6. The molecule has 30 heavy (non-hydrogen) atoms. The molecule has 0 N–H and O–H groups in total. The van der Waals surface area contributed by atoms with Crippen molar-refractivity contribution in [3.63, 3.8) is 0 Å². The number of ether oxygens (including phenoxy) is 3. The van der Waals surface area contributed by atoms with Gasteiger partial charge in [-0.25, -0.2) is 14.8 Å². The summed E-state index contributed by atoms with van der Waals surface area (Å²) in [6.07, 6.45) is 3.89. The van der Waals surface area contributed by atoms with Gasteiger partial charge in [-0.3, -0.25) is 4.90 Å². The van der Waals surface area contributed by atoms with E-state index in [1.54, 1.807) is 16.2 Å². The van der Waals surface area contributed by atoms with Crippen molar-refractivity contribution in [2.75, 3.05) is 24.7 Å². The van der Waals surface area contributed by atoms with Crippen LogP contribution in [0.5, 0.6) is 0 Å². The summed E-state index contributed by atoms with van der Waals surface area (Å²) < 4.78 is 16.6. The number of anilines is 1. The molecule has 2 aromatic rings. The molecular weight excluding hydrogens is 402 g/mol. The third-order valence-electron chi connectivity index (χ3n) is 4.97. The molecule has 0 aliphatic carbocycles. The summed E-state index contributed by atoms with van der Waals surface area (Å²) >= 11 is 1.58. The van der Waals surface area contributed by atoms with Crippen molar-refractivity contribution in [3.05, 3.63) is 39.5 Å². The molecule has 0 atom stereocenters. The van der Waals surface area contributed by atoms with Crippen molar-refractivity contribution in [3.8, 4) is 0 Å². The zero-order chi connectivity index (χ0) is 21.1. The molecule has 162 valence electrons. The molecule has 2 aliphatic rings. The van der Waals surface area contributed by atoms with Crippen LogP contribution >= 0.6 is 11.3 Å². The number of carbonyl (C=O) groups is 1. The van der Waals surface area contributed by atoms with Crippen molar-refractivity contribution >= 4 is 23.2 Å². The Morgan fingerprint density at radius 3 is 2.73 bits per heavy atom. The number of rotatable bonds is 5. The molecule has 1 fully saturated rings. The lowest BCUT2D eigenvalue weighted by Crippen LogP contribution is -2.40. The standard InChI is InChI=1S/C22H29N3O4S/c1-22(2,3)29-21(26)25-11-5-6-15-9-10-16(23-18(15)25)7-4-8-17-14-30-19(24-17)20-27-12-13-28-20/h9-10,14,20H,4-8,11-13H2,1-3H3. The minimum Gasteiger partial charge on any atom is -0.443 e. The highest BCUT2D eigenvalue weighted by Gasteiger charge is 2.28. The van der Waals surface area contributed by atoms with Crippen LogP contribution in [-0.4, -0.2) is 41.4 Å². The van der Waals surface area contributed by atoms with Gasteiger partial charge in [-0.05, 0) is 64.5 Å². The first kappa shape index (κ1) is 21.2. The van der Waals surface area contributed by atoms with Gasteiger partial charge >= 0.3 is 6.09 Å². The Hall–Kier alpha value is -2.03. The average molecular weight is 432 g/mol. The van der Waals surface area contributed by atoms with Crippen molar-refractivity contribution in [2.45, 2.75) is 64.8 Å². The fraction of sp³-hybridized carbons (Fsp3) is 0.591. The Morgan fingerprint density at radius 2 is 1.97 bits per heavy atom. The van der Waals surface area contributed by atoms with Crippen LogP contribution in [0.3, 0.4) is 0 Å². The number of carbonyl (C=O) groups excluding carboxylic acids is 1. The zero-order valence-corrected chi connectivity index (χ0v) is 18.7. The summed E-state index contributed by atoms with van der Waals surface area (Å²) in [5.41, 5.74) is 2.63. The van der Waals surface area contributed by atoms with Crippen molar-refractivity contribution in [1.82, 2.24) is 9.97 Å². The number of aryl methyl sites for hydroxylation is 3. The Kier molecular flexibility index (Phi) is 6.36. The van der Waals surface area contributed by atoms with E-state index in [4.69, 9.17) is 19.2 Å². The van der Waals surface area contributed by atoms with E-state index in [-0.39, 0.29) is 12.4 Å². The molecule has 2 aliphatic heterocycles. The van der Waals surface area contributed by atoms with Gasteiger partial charge < -0.3 is 14.2 Å². The molecule has 2 aromatic heterocycles. The normalized spacial score (nSPS) is 17.2. The number of hydrogen-bond donors (Lipinski definition) is 0. The maximum Gasteiger partial charge on any atom is 0.416 e. The molecule has 8 heteroatoms. The van der Waals surface area contributed by atoms with Crippen molar-refractivity contribution < 1.29 is 19.0 Å². The van der Waals surface area contributed by atoms with E-state index in [1.807, 2.05) is 20.8 Å². The number of nitrogens with zero attached hydrogens (tertiary/aromatic N) is 3. The Balaban J connectivity index is 1.37. The molecule has 0 bridgehead atoms. The van der Waals surface area contributed by atoms with Crippen LogP contribution in [-0.2, 0) is 33.5 Å². The first-order valence-electron chi connectivity index (χ1n) is 10.6. The van der Waals surface area contributed by atoms with E-state index in [9.17, 15) is 4.79 Å². The second kappa shape index (κ2) is 8.99. The molecule has 0 spiro atoms. The van der Waals surface area contributed by atoms with Gasteiger partial charge in [0, 0.05) is 17.6 Å². The molecular formula is C22H29N3O4S. The lowest BCUT2D eigenvalue weighted by atomic mass is 10.0. The SMILES string of the molecule is CC(C)(C)OC(=O)N1CCCc2ccc(CCCc3csc(C4OCCO4)n3)nc21. The van der Waals surface area contributed by atoms with Gasteiger partial charge in [0.15, 0.2) is 0 Å². The van der Waals surface area contributed by atoms with E-state index < -0.39 is 5.60 Å². The summed E-state index contributed by atoms with van der Waals surface area (Å²) in [7, 11) is 0. The fourth-order valence-electron chi connectivity index (χ4n) is 3.61. The predicted molar refractivity (Wildman–Crippen MR) is 115 cm³/mol. The molecule has 4 heterocycles. The molecule has 0 unspecified atom stereocenters. The molecule has 0 radical (unpaired) electrons. The molecule has 1 amide bonds. The second-order valence-electron chi connectivity index (χ2n) is 8.62. The summed E-state index contributed by atoms with van der Waals surface area (Å²) in [6, 6.07) is 4.17. The first-order valence-corrected chi connectivity index (χ1v) is 11.4. The van der Waals surface area contributed by atoms with E-state index >= 15 is 0 Å². The summed E-state index contributed by atoms with van der Waals surface area (Å²) in [5.74, 6) is 0.750. The highest BCUT2D eigenvalue weighted by Crippen LogP contribution is 2.28. The van der Waals surface area contributed by atoms with Gasteiger partial charge in [-0.2, -0.15) is 0 Å². The van der Waals surface area contributed by atoms with E-state index in [0.29, 0.717) is 19.8 Å². The van der Waals surface area contributed by atoms with Crippen LogP contribution < -0.4 is 4.90 Å². The molecule has 0 saturated carbocycles. The predicted octanol–water partition coefficient (Wildman–Crippen LogP) is 4.45. The van der Waals surface area contributed by atoms with Gasteiger partial charge in [0.2, 0.25) is 6.29 Å². The summed E-state index contributed by atoms with van der Waals surface area (Å²) in [4.78, 5) is 23.8. The molecule has 1 saturated heterocycles. The molecule has 4 rings (SSSR count). The third-order valence-corrected chi connectivity index (χ3v) is 5.88. The van der Waals surface area contributed by atoms with Crippen LogP contribution in [0.1, 0.15) is 61.9 Å². The topological polar surface area (TPSA) is 73.8 Å². The minimum absolute atomic E-state index is 0.301. The quantitative estimate of drug-likeness (QED) is 0.697. The number of pyridine rings is 1. The van der Waals surface area contributed by atoms with Gasteiger partial charge in [0.05, 0.1) is 18.9 Å². The number of fused-ring (bicyclic) bond motifs is 1. The lowest BCUT2D eigenvalue weighted by molar-refractivity contribution is -0.0443. The van der Waals surface area contributed by atoms with E-state index in [0.717, 1.165) is 59.9 Å². The lowest BCUT2D eigenvalue weighted by Gasteiger charge is -2.31. The van der Waals surface area contributed by atoms with Gasteiger partial charge in [0.1, 0.15) is 16.4 Å². The van der Waals surface area contributed by atoms with Crippen LogP contribution in [0, 0.1) is 0 Å². The van der Waals surface area contributed by atoms with E-state index in [1.165, 1.54) is 0 Å². The average Bonchev–Trinajstić information content (AvgIpc) is 3.38. The number of hydrogen-bond acceptors (Lipinski definition) is 7. The van der Waals surface area contributed by atoms with Gasteiger partial charge in [-0.1, -0.05) is 6.07 Å². The first-order chi connectivity index (χ1) is 14.4. The highest BCUT2D eigenvalue weighted by atomic mass is 32.1. The van der Waals surface area contributed by atoms with E-state index in [2.05, 4.69) is 22.5 Å². The third kappa shape index (κ3) is 5.17.